The van der Waals surface area contributed by atoms with Gasteiger partial charge in [0, 0.05) is 12.3 Å². The molecule has 0 bridgehead atoms. The van der Waals surface area contributed by atoms with Crippen LogP contribution < -0.4 is 0 Å². The molecule has 1 fully saturated rings. The van der Waals surface area contributed by atoms with Crippen molar-refractivity contribution in [3.63, 3.8) is 0 Å². The lowest BCUT2D eigenvalue weighted by atomic mass is 9.82. The Balaban J connectivity index is 0.00000301. The molecule has 2 atom stereocenters. The Kier molecular flexibility index (Phi) is 14.6. The quantitative estimate of drug-likeness (QED) is 0.259. The predicted molar refractivity (Wildman–Crippen MR) is 126 cm³/mol. The average molecular weight is 404 g/mol. The summed E-state index contributed by atoms with van der Waals surface area (Å²) in [5, 5.41) is 0. The van der Waals surface area contributed by atoms with Crippen LogP contribution in [0.25, 0.3) is 0 Å². The van der Waals surface area contributed by atoms with E-state index in [2.05, 4.69) is 64.8 Å². The summed E-state index contributed by atoms with van der Waals surface area (Å²) < 4.78 is 0.975. The van der Waals surface area contributed by atoms with E-state index < -0.39 is 0 Å². The van der Waals surface area contributed by atoms with Gasteiger partial charge < -0.3 is 4.90 Å². The van der Waals surface area contributed by atoms with Crippen LogP contribution in [0, 0.1) is 17.8 Å². The zero-order valence-corrected chi connectivity index (χ0v) is 20.4. The maximum absolute atomic E-state index is 5.58. The van der Waals surface area contributed by atoms with E-state index in [4.69, 9.17) is 12.2 Å². The minimum Gasteiger partial charge on any atom is -0.301 e. The van der Waals surface area contributed by atoms with Gasteiger partial charge in [0.25, 0.3) is 0 Å². The standard InChI is InChI=1S/C21H43N2S.CH4S/c1-7-8-13-22(5)15-21(14-18(2)3)23(6,17-24)16-20-11-9-19(4)10-12-20;1-2/h17-21H,7-16H2,1-6H3;2H,1H3/q+1;. The van der Waals surface area contributed by atoms with Gasteiger partial charge in [-0.15, -0.1) is 0 Å². The number of hydrogen-bond donors (Lipinski definition) is 1. The Bertz CT molecular complexity index is 354. The van der Waals surface area contributed by atoms with E-state index in [-0.39, 0.29) is 0 Å². The fraction of sp³-hybridized carbons (Fsp3) is 0.955. The Morgan fingerprint density at radius 3 is 2.23 bits per heavy atom. The van der Waals surface area contributed by atoms with E-state index in [0.717, 1.165) is 22.2 Å². The van der Waals surface area contributed by atoms with Gasteiger partial charge in [-0.3, -0.25) is 4.48 Å². The van der Waals surface area contributed by atoms with Crippen LogP contribution in [0.1, 0.15) is 72.6 Å². The van der Waals surface area contributed by atoms with Crippen molar-refractivity contribution in [1.82, 2.24) is 4.90 Å². The second-order valence-electron chi connectivity index (χ2n) is 9.16. The lowest BCUT2D eigenvalue weighted by Gasteiger charge is -2.43. The molecule has 0 saturated heterocycles. The van der Waals surface area contributed by atoms with Crippen LogP contribution in [0.4, 0.5) is 0 Å². The van der Waals surface area contributed by atoms with E-state index >= 15 is 0 Å². The summed E-state index contributed by atoms with van der Waals surface area (Å²) in [6.45, 7) is 13.0. The molecule has 1 aliphatic rings. The lowest BCUT2D eigenvalue weighted by Crippen LogP contribution is -2.57. The number of likely N-dealkylation sites (N-methyl/N-ethyl adjacent to an activating group) is 2. The lowest BCUT2D eigenvalue weighted by molar-refractivity contribution is -0.843. The Morgan fingerprint density at radius 2 is 1.77 bits per heavy atom. The maximum atomic E-state index is 5.58. The highest BCUT2D eigenvalue weighted by molar-refractivity contribution is 7.79. The van der Waals surface area contributed by atoms with Crippen LogP contribution in [0.2, 0.25) is 0 Å². The zero-order chi connectivity index (χ0) is 20.2. The van der Waals surface area contributed by atoms with Crippen LogP contribution in [0.5, 0.6) is 0 Å². The number of thiol groups is 1. The molecule has 0 radical (unpaired) electrons. The molecule has 1 rings (SSSR count). The second kappa shape index (κ2) is 14.4. The highest BCUT2D eigenvalue weighted by Crippen LogP contribution is 2.31. The monoisotopic (exact) mass is 403 g/mol. The summed E-state index contributed by atoms with van der Waals surface area (Å²) in [6.07, 6.45) is 11.2. The van der Waals surface area contributed by atoms with Crippen molar-refractivity contribution >= 4 is 30.3 Å². The third-order valence-corrected chi connectivity index (χ3v) is 6.50. The van der Waals surface area contributed by atoms with Crippen molar-refractivity contribution in [2.75, 3.05) is 40.0 Å². The van der Waals surface area contributed by atoms with Gasteiger partial charge >= 0.3 is 0 Å². The topological polar surface area (TPSA) is 3.24 Å². The van der Waals surface area contributed by atoms with Gasteiger partial charge in [0.1, 0.15) is 6.04 Å². The normalized spacial score (nSPS) is 23.9. The molecule has 1 aliphatic carbocycles. The van der Waals surface area contributed by atoms with Gasteiger partial charge in [0.2, 0.25) is 0 Å². The first kappa shape index (κ1) is 26.4. The fourth-order valence-electron chi connectivity index (χ4n) is 4.27. The minimum absolute atomic E-state index is 0.628. The van der Waals surface area contributed by atoms with Crippen molar-refractivity contribution in [2.24, 2.45) is 17.8 Å². The van der Waals surface area contributed by atoms with Crippen molar-refractivity contribution in [3.8, 4) is 0 Å². The first-order chi connectivity index (χ1) is 12.3. The molecule has 0 aliphatic heterocycles. The minimum atomic E-state index is 0.628. The van der Waals surface area contributed by atoms with Gasteiger partial charge in [-0.05, 0) is 63.2 Å². The van der Waals surface area contributed by atoms with Crippen LogP contribution in [0.15, 0.2) is 0 Å². The molecule has 0 amide bonds. The first-order valence-electron chi connectivity index (χ1n) is 10.7. The summed E-state index contributed by atoms with van der Waals surface area (Å²) >= 11 is 9.10. The number of rotatable bonds is 11. The fourth-order valence-corrected chi connectivity index (χ4v) is 4.53. The van der Waals surface area contributed by atoms with Crippen molar-refractivity contribution in [1.29, 1.82) is 0 Å². The largest absolute Gasteiger partial charge is 0.301 e. The van der Waals surface area contributed by atoms with Gasteiger partial charge in [0.05, 0.1) is 20.1 Å². The van der Waals surface area contributed by atoms with Gasteiger partial charge in [-0.25, -0.2) is 0 Å². The van der Waals surface area contributed by atoms with E-state index in [1.54, 1.807) is 6.26 Å². The average Bonchev–Trinajstić information content (AvgIpc) is 2.62. The summed E-state index contributed by atoms with van der Waals surface area (Å²) in [4.78, 5) is 2.54. The highest BCUT2D eigenvalue weighted by Gasteiger charge is 2.35. The van der Waals surface area contributed by atoms with Crippen LogP contribution in [-0.2, 0) is 0 Å². The molecule has 2 unspecified atom stereocenters. The second-order valence-corrected chi connectivity index (χ2v) is 9.37. The Morgan fingerprint density at radius 1 is 1.19 bits per heavy atom. The molecule has 0 heterocycles. The number of quaternary nitrogens is 1. The number of hydrogen-bond acceptors (Lipinski definition) is 3. The molecular formula is C22H47N2S2+. The first-order valence-corrected chi connectivity index (χ1v) is 12.1. The molecule has 0 N–H and O–H groups in total. The highest BCUT2D eigenvalue weighted by atomic mass is 32.1. The maximum Gasteiger partial charge on any atom is 0.161 e. The molecule has 0 aromatic rings. The molecule has 26 heavy (non-hydrogen) atoms. The van der Waals surface area contributed by atoms with E-state index in [1.807, 2.05) is 0 Å². The Labute approximate surface area is 176 Å². The molecule has 0 aromatic carbocycles. The van der Waals surface area contributed by atoms with Crippen LogP contribution >= 0.6 is 24.8 Å². The summed E-state index contributed by atoms with van der Waals surface area (Å²) in [5.74, 6) is 2.52. The van der Waals surface area contributed by atoms with Crippen LogP contribution in [-0.4, -0.2) is 60.9 Å². The number of unbranched alkanes of at least 4 members (excludes halogenated alkanes) is 1. The summed E-state index contributed by atoms with van der Waals surface area (Å²) in [6, 6.07) is 0.628. The van der Waals surface area contributed by atoms with Gasteiger partial charge in [-0.1, -0.05) is 47.0 Å². The van der Waals surface area contributed by atoms with Crippen molar-refractivity contribution in [3.05, 3.63) is 0 Å². The van der Waals surface area contributed by atoms with Crippen molar-refractivity contribution < 1.29 is 4.48 Å². The molecule has 156 valence electrons. The summed E-state index contributed by atoms with van der Waals surface area (Å²) in [5.41, 5.74) is 2.08. The number of nitrogens with zero attached hydrogens (tertiary/aromatic N) is 2. The Hall–Kier alpha value is 0.360. The smallest absolute Gasteiger partial charge is 0.161 e. The number of thiocarbonyl (C=S) groups is 1. The van der Waals surface area contributed by atoms with Gasteiger partial charge in [-0.2, -0.15) is 12.6 Å². The molecular weight excluding hydrogens is 356 g/mol. The third kappa shape index (κ3) is 10.1. The molecule has 2 nitrogen and oxygen atoms in total. The van der Waals surface area contributed by atoms with E-state index in [9.17, 15) is 0 Å². The van der Waals surface area contributed by atoms with Crippen molar-refractivity contribution in [2.45, 2.75) is 78.7 Å². The van der Waals surface area contributed by atoms with Crippen LogP contribution in [0.3, 0.4) is 0 Å². The molecule has 1 saturated carbocycles. The molecule has 0 spiro atoms. The van der Waals surface area contributed by atoms with E-state index in [0.29, 0.717) is 6.04 Å². The van der Waals surface area contributed by atoms with E-state index in [1.165, 1.54) is 64.6 Å². The van der Waals surface area contributed by atoms with Gasteiger partial charge in [0.15, 0.2) is 5.49 Å². The molecule has 4 heteroatoms. The molecule has 0 aromatic heterocycles. The third-order valence-electron chi connectivity index (χ3n) is 6.02. The summed E-state index contributed by atoms with van der Waals surface area (Å²) in [7, 11) is 4.69. The zero-order valence-electron chi connectivity index (χ0n) is 18.7. The SMILES string of the molecule is CCCCN(C)CC(CC(C)C)[N+](C)(C=S)CC1CCC(C)CC1.CS. The predicted octanol–water partition coefficient (Wildman–Crippen LogP) is 5.91.